The van der Waals surface area contributed by atoms with Crippen molar-refractivity contribution in [2.45, 2.75) is 37.6 Å². The molecule has 0 spiro atoms. The van der Waals surface area contributed by atoms with Gasteiger partial charge in [-0.1, -0.05) is 25.6 Å². The number of aromatic nitrogens is 3. The van der Waals surface area contributed by atoms with Crippen LogP contribution >= 0.6 is 23.1 Å². The van der Waals surface area contributed by atoms with Gasteiger partial charge in [0.2, 0.25) is 0 Å². The molecule has 0 radical (unpaired) electrons. The first kappa shape index (κ1) is 13.7. The molecule has 0 saturated heterocycles. The van der Waals surface area contributed by atoms with Crippen molar-refractivity contribution < 1.29 is 4.79 Å². The van der Waals surface area contributed by atoms with E-state index in [4.69, 9.17) is 0 Å². The van der Waals surface area contributed by atoms with E-state index in [9.17, 15) is 4.79 Å². The van der Waals surface area contributed by atoms with Gasteiger partial charge < -0.3 is 0 Å². The van der Waals surface area contributed by atoms with Gasteiger partial charge in [0.25, 0.3) is 0 Å². The van der Waals surface area contributed by atoms with Gasteiger partial charge in [-0.05, 0) is 11.8 Å². The summed E-state index contributed by atoms with van der Waals surface area (Å²) in [4.78, 5) is 25.2. The smallest absolute Gasteiger partial charge is 0.188 e. The summed E-state index contributed by atoms with van der Waals surface area (Å²) >= 11 is 3.20. The van der Waals surface area contributed by atoms with Crippen LogP contribution in [0.25, 0.3) is 0 Å². The fraction of sp³-hybridized carbons (Fsp3) is 0.429. The molecule has 6 heteroatoms. The van der Waals surface area contributed by atoms with Gasteiger partial charge in [-0.15, -0.1) is 11.3 Å². The number of carbonyl (C=O) groups is 1. The third-order valence-electron chi connectivity index (χ3n) is 3.24. The number of hydrogen-bond donors (Lipinski definition) is 0. The maximum absolute atomic E-state index is 12.1. The summed E-state index contributed by atoms with van der Waals surface area (Å²) in [5, 5.41) is 3.75. The summed E-state index contributed by atoms with van der Waals surface area (Å²) in [6.45, 7) is 4.22. The standard InChI is InChI=1S/C14H15N3OS2/c1-14(2)5-10-9(11(18)6-14)7-16-13(17-10)20-8-12-15-3-4-19-12/h3-4,7H,5-6,8H2,1-2H3. The Kier molecular flexibility index (Phi) is 3.60. The number of nitrogens with zero attached hydrogens (tertiary/aromatic N) is 3. The van der Waals surface area contributed by atoms with Crippen molar-refractivity contribution >= 4 is 28.9 Å². The second-order valence-corrected chi connectivity index (χ2v) is 7.59. The van der Waals surface area contributed by atoms with Gasteiger partial charge in [0.05, 0.1) is 17.0 Å². The van der Waals surface area contributed by atoms with E-state index >= 15 is 0 Å². The number of rotatable bonds is 3. The molecule has 104 valence electrons. The molecule has 2 aromatic heterocycles. The molecule has 2 aromatic rings. The zero-order valence-corrected chi connectivity index (χ0v) is 13.1. The Morgan fingerprint density at radius 3 is 2.95 bits per heavy atom. The number of thiazole rings is 1. The molecule has 0 fully saturated rings. The molecule has 2 heterocycles. The first-order chi connectivity index (χ1) is 9.53. The zero-order chi connectivity index (χ0) is 14.2. The first-order valence-corrected chi connectivity index (χ1v) is 8.30. The van der Waals surface area contributed by atoms with E-state index in [0.717, 1.165) is 28.0 Å². The molecule has 0 saturated carbocycles. The van der Waals surface area contributed by atoms with E-state index in [1.807, 2.05) is 5.38 Å². The quantitative estimate of drug-likeness (QED) is 0.642. The second-order valence-electron chi connectivity index (χ2n) is 5.67. The molecule has 0 bridgehead atoms. The van der Waals surface area contributed by atoms with Gasteiger partial charge in [0.15, 0.2) is 10.9 Å². The van der Waals surface area contributed by atoms with E-state index in [2.05, 4.69) is 28.8 Å². The average Bonchev–Trinajstić information content (AvgIpc) is 2.87. The molecular weight excluding hydrogens is 290 g/mol. The number of ketones is 1. The van der Waals surface area contributed by atoms with Crippen LogP contribution < -0.4 is 0 Å². The first-order valence-electron chi connectivity index (χ1n) is 6.44. The second kappa shape index (κ2) is 5.26. The molecule has 1 aliphatic carbocycles. The maximum Gasteiger partial charge on any atom is 0.188 e. The lowest BCUT2D eigenvalue weighted by atomic mass is 9.76. The lowest BCUT2D eigenvalue weighted by Gasteiger charge is -2.29. The summed E-state index contributed by atoms with van der Waals surface area (Å²) in [5.74, 6) is 0.932. The van der Waals surface area contributed by atoms with Crippen LogP contribution in [0.15, 0.2) is 22.9 Å². The number of hydrogen-bond acceptors (Lipinski definition) is 6. The Labute approximate surface area is 126 Å². The Bertz CT molecular complexity index is 638. The fourth-order valence-corrected chi connectivity index (χ4v) is 3.81. The highest BCUT2D eigenvalue weighted by molar-refractivity contribution is 7.98. The Morgan fingerprint density at radius 2 is 2.20 bits per heavy atom. The van der Waals surface area contributed by atoms with E-state index in [1.54, 1.807) is 35.5 Å². The zero-order valence-electron chi connectivity index (χ0n) is 11.4. The monoisotopic (exact) mass is 305 g/mol. The lowest BCUT2D eigenvalue weighted by Crippen LogP contribution is -2.28. The van der Waals surface area contributed by atoms with Crippen molar-refractivity contribution in [1.82, 2.24) is 15.0 Å². The highest BCUT2D eigenvalue weighted by Crippen LogP contribution is 2.34. The topological polar surface area (TPSA) is 55.7 Å². The fourth-order valence-electron chi connectivity index (χ4n) is 2.33. The summed E-state index contributed by atoms with van der Waals surface area (Å²) in [6, 6.07) is 0. The minimum atomic E-state index is -0.00428. The number of Topliss-reactive ketones (excluding diaryl/α,β-unsaturated/α-hetero) is 1. The molecule has 1 aliphatic rings. The van der Waals surface area contributed by atoms with Crippen LogP contribution in [0.4, 0.5) is 0 Å². The summed E-state index contributed by atoms with van der Waals surface area (Å²) in [7, 11) is 0. The van der Waals surface area contributed by atoms with Gasteiger partial charge in [0, 0.05) is 24.2 Å². The Morgan fingerprint density at radius 1 is 1.35 bits per heavy atom. The minimum Gasteiger partial charge on any atom is -0.294 e. The third kappa shape index (κ3) is 2.91. The van der Waals surface area contributed by atoms with Crippen LogP contribution in [0.3, 0.4) is 0 Å². The molecule has 3 rings (SSSR count). The summed E-state index contributed by atoms with van der Waals surface area (Å²) < 4.78 is 0. The number of fused-ring (bicyclic) bond motifs is 1. The maximum atomic E-state index is 12.1. The predicted octanol–water partition coefficient (Wildman–Crippen LogP) is 3.38. The summed E-state index contributed by atoms with van der Waals surface area (Å²) in [5.41, 5.74) is 1.58. The van der Waals surface area contributed by atoms with E-state index in [0.29, 0.717) is 12.0 Å². The van der Waals surface area contributed by atoms with Crippen molar-refractivity contribution in [2.75, 3.05) is 0 Å². The van der Waals surface area contributed by atoms with Gasteiger partial charge in [-0.2, -0.15) is 0 Å². The average molecular weight is 305 g/mol. The number of carbonyl (C=O) groups excluding carboxylic acids is 1. The van der Waals surface area contributed by atoms with E-state index in [1.165, 1.54) is 0 Å². The molecule has 0 unspecified atom stereocenters. The van der Waals surface area contributed by atoms with E-state index in [-0.39, 0.29) is 11.2 Å². The van der Waals surface area contributed by atoms with Crippen LogP contribution in [0.1, 0.15) is 41.3 Å². The molecule has 20 heavy (non-hydrogen) atoms. The Hall–Kier alpha value is -1.27. The van der Waals surface area contributed by atoms with Crippen LogP contribution in [-0.2, 0) is 12.2 Å². The molecule has 0 N–H and O–H groups in total. The molecule has 0 aliphatic heterocycles. The van der Waals surface area contributed by atoms with Crippen LogP contribution in [-0.4, -0.2) is 20.7 Å². The largest absolute Gasteiger partial charge is 0.294 e. The highest BCUT2D eigenvalue weighted by atomic mass is 32.2. The molecule has 4 nitrogen and oxygen atoms in total. The van der Waals surface area contributed by atoms with Gasteiger partial charge in [0.1, 0.15) is 5.01 Å². The summed E-state index contributed by atoms with van der Waals surface area (Å²) in [6.07, 6.45) is 4.90. The van der Waals surface area contributed by atoms with Crippen LogP contribution in [0.5, 0.6) is 0 Å². The van der Waals surface area contributed by atoms with Crippen LogP contribution in [0.2, 0.25) is 0 Å². The molecule has 0 aromatic carbocycles. The molecule has 0 amide bonds. The van der Waals surface area contributed by atoms with Crippen molar-refractivity contribution in [3.8, 4) is 0 Å². The van der Waals surface area contributed by atoms with Gasteiger partial charge >= 0.3 is 0 Å². The predicted molar refractivity (Wildman–Crippen MR) is 80.1 cm³/mol. The van der Waals surface area contributed by atoms with Crippen LogP contribution in [0, 0.1) is 5.41 Å². The SMILES string of the molecule is CC1(C)CC(=O)c2cnc(SCc3nccs3)nc2C1. The van der Waals surface area contributed by atoms with Crippen molar-refractivity contribution in [3.63, 3.8) is 0 Å². The van der Waals surface area contributed by atoms with Crippen molar-refractivity contribution in [3.05, 3.63) is 34.0 Å². The lowest BCUT2D eigenvalue weighted by molar-refractivity contribution is 0.0909. The normalized spacial score (nSPS) is 17.0. The highest BCUT2D eigenvalue weighted by Gasteiger charge is 2.32. The van der Waals surface area contributed by atoms with Gasteiger partial charge in [-0.25, -0.2) is 15.0 Å². The minimum absolute atomic E-state index is 0.00428. The number of thioether (sulfide) groups is 1. The molecule has 0 atom stereocenters. The van der Waals surface area contributed by atoms with Crippen molar-refractivity contribution in [1.29, 1.82) is 0 Å². The third-order valence-corrected chi connectivity index (χ3v) is 5.07. The van der Waals surface area contributed by atoms with Gasteiger partial charge in [-0.3, -0.25) is 4.79 Å². The van der Waals surface area contributed by atoms with E-state index < -0.39 is 0 Å². The molecular formula is C14H15N3OS2. The Balaban J connectivity index is 1.80. The van der Waals surface area contributed by atoms with Crippen molar-refractivity contribution in [2.24, 2.45) is 5.41 Å².